The van der Waals surface area contributed by atoms with E-state index in [1.807, 2.05) is 32.0 Å². The Morgan fingerprint density at radius 1 is 0.806 bits per heavy atom. The number of hydrogen-bond acceptors (Lipinski definition) is 3. The Hall–Kier alpha value is -3.16. The fourth-order valence-corrected chi connectivity index (χ4v) is 8.22. The van der Waals surface area contributed by atoms with Crippen molar-refractivity contribution in [3.8, 4) is 0 Å². The van der Waals surface area contributed by atoms with Crippen molar-refractivity contribution in [3.63, 3.8) is 0 Å². The summed E-state index contributed by atoms with van der Waals surface area (Å²) in [7, 11) is -2.15. The maximum Gasteiger partial charge on any atom is 0.342 e. The third-order valence-electron chi connectivity index (χ3n) is 5.50. The SMILES string of the molecule is CCOC(=O)c1c(C)coc1C[P+](c1ccccc1)(c1ccccc1)c1ccccc1. The number of ether oxygens (including phenoxy) is 1. The van der Waals surface area contributed by atoms with Crippen molar-refractivity contribution in [3.05, 3.63) is 114 Å². The van der Waals surface area contributed by atoms with Gasteiger partial charge in [-0.15, -0.1) is 0 Å². The molecule has 0 saturated carbocycles. The minimum atomic E-state index is -2.15. The monoisotopic (exact) mass is 429 g/mol. The fourth-order valence-electron chi connectivity index (χ4n) is 4.08. The van der Waals surface area contributed by atoms with Gasteiger partial charge in [0.2, 0.25) is 0 Å². The van der Waals surface area contributed by atoms with Crippen LogP contribution < -0.4 is 15.9 Å². The number of furan rings is 1. The first kappa shape index (κ1) is 21.1. The molecular weight excluding hydrogens is 403 g/mol. The minimum Gasteiger partial charge on any atom is -0.464 e. The van der Waals surface area contributed by atoms with Crippen LogP contribution in [-0.2, 0) is 10.9 Å². The standard InChI is InChI=1S/C27H26O3P/c1-3-29-27(28)26-21(2)19-30-25(26)20-31(22-13-7-4-8-14-22,23-15-9-5-10-16-23)24-17-11-6-12-18-24/h4-19H,3,20H2,1-2H3/q+1. The average Bonchev–Trinajstić information content (AvgIpc) is 3.19. The maximum absolute atomic E-state index is 12.8. The van der Waals surface area contributed by atoms with E-state index in [4.69, 9.17) is 9.15 Å². The molecular formula is C27H26O3P+. The Morgan fingerprint density at radius 3 is 1.68 bits per heavy atom. The summed E-state index contributed by atoms with van der Waals surface area (Å²) in [5, 5.41) is 3.74. The molecule has 0 spiro atoms. The predicted molar refractivity (Wildman–Crippen MR) is 128 cm³/mol. The summed E-state index contributed by atoms with van der Waals surface area (Å²) in [5.74, 6) is 0.358. The lowest BCUT2D eigenvalue weighted by molar-refractivity contribution is 0.0523. The largest absolute Gasteiger partial charge is 0.464 e. The lowest BCUT2D eigenvalue weighted by atomic mass is 10.2. The van der Waals surface area contributed by atoms with E-state index >= 15 is 0 Å². The first-order valence-electron chi connectivity index (χ1n) is 10.5. The number of benzene rings is 3. The molecule has 0 amide bonds. The first-order chi connectivity index (χ1) is 15.2. The van der Waals surface area contributed by atoms with Gasteiger partial charge in [-0.2, -0.15) is 0 Å². The third kappa shape index (κ3) is 4.06. The lowest BCUT2D eigenvalue weighted by Crippen LogP contribution is -2.32. The van der Waals surface area contributed by atoms with Gasteiger partial charge in [0.25, 0.3) is 0 Å². The van der Waals surface area contributed by atoms with E-state index in [9.17, 15) is 4.79 Å². The number of aryl methyl sites for hydroxylation is 1. The zero-order valence-electron chi connectivity index (χ0n) is 17.8. The molecule has 3 nitrogen and oxygen atoms in total. The van der Waals surface area contributed by atoms with Gasteiger partial charge in [0.15, 0.2) is 5.76 Å². The number of carbonyl (C=O) groups excluding carboxylic acids is 1. The molecule has 3 aromatic carbocycles. The van der Waals surface area contributed by atoms with Crippen LogP contribution in [0.2, 0.25) is 0 Å². The molecule has 0 aliphatic heterocycles. The second kappa shape index (κ2) is 9.32. The smallest absolute Gasteiger partial charge is 0.342 e. The molecule has 0 bridgehead atoms. The van der Waals surface area contributed by atoms with E-state index in [1.54, 1.807) is 6.26 Å². The quantitative estimate of drug-likeness (QED) is 0.297. The highest BCUT2D eigenvalue weighted by Crippen LogP contribution is 2.58. The summed E-state index contributed by atoms with van der Waals surface area (Å²) < 4.78 is 11.4. The molecule has 4 heteroatoms. The van der Waals surface area contributed by atoms with Crippen molar-refractivity contribution < 1.29 is 13.9 Å². The first-order valence-corrected chi connectivity index (χ1v) is 12.4. The van der Waals surface area contributed by atoms with Gasteiger partial charge in [-0.05, 0) is 50.2 Å². The molecule has 0 unspecified atom stereocenters. The van der Waals surface area contributed by atoms with Gasteiger partial charge in [0.1, 0.15) is 34.9 Å². The van der Waals surface area contributed by atoms with Crippen LogP contribution in [0, 0.1) is 6.92 Å². The summed E-state index contributed by atoms with van der Waals surface area (Å²) in [6.45, 7) is 4.05. The summed E-state index contributed by atoms with van der Waals surface area (Å²) in [5.41, 5.74) is 1.36. The summed E-state index contributed by atoms with van der Waals surface area (Å²) in [4.78, 5) is 12.8. The minimum absolute atomic E-state index is 0.323. The Morgan fingerprint density at radius 2 is 1.26 bits per heavy atom. The maximum atomic E-state index is 12.8. The number of rotatable bonds is 7. The van der Waals surface area contributed by atoms with Gasteiger partial charge in [0.05, 0.1) is 12.9 Å². The van der Waals surface area contributed by atoms with Crippen molar-refractivity contribution in [1.29, 1.82) is 0 Å². The topological polar surface area (TPSA) is 39.4 Å². The fraction of sp³-hybridized carbons (Fsp3) is 0.148. The Bertz CT molecular complexity index is 1040. The van der Waals surface area contributed by atoms with Crippen molar-refractivity contribution in [2.45, 2.75) is 20.0 Å². The molecule has 1 heterocycles. The normalized spacial score (nSPS) is 11.3. The van der Waals surface area contributed by atoms with Crippen LogP contribution in [-0.4, -0.2) is 12.6 Å². The molecule has 4 rings (SSSR count). The molecule has 156 valence electrons. The van der Waals surface area contributed by atoms with Crippen LogP contribution in [0.4, 0.5) is 0 Å². The number of carbonyl (C=O) groups is 1. The van der Waals surface area contributed by atoms with E-state index in [0.29, 0.717) is 24.1 Å². The van der Waals surface area contributed by atoms with Gasteiger partial charge in [0, 0.05) is 5.56 Å². The van der Waals surface area contributed by atoms with Crippen LogP contribution in [0.25, 0.3) is 0 Å². The van der Waals surface area contributed by atoms with Gasteiger partial charge in [-0.25, -0.2) is 4.79 Å². The van der Waals surface area contributed by atoms with Crippen LogP contribution >= 0.6 is 7.26 Å². The average molecular weight is 429 g/mol. The second-order valence-electron chi connectivity index (χ2n) is 7.41. The van der Waals surface area contributed by atoms with Crippen molar-refractivity contribution in [2.75, 3.05) is 6.61 Å². The van der Waals surface area contributed by atoms with E-state index in [2.05, 4.69) is 72.8 Å². The summed E-state index contributed by atoms with van der Waals surface area (Å²) >= 11 is 0. The van der Waals surface area contributed by atoms with Crippen molar-refractivity contribution in [1.82, 2.24) is 0 Å². The molecule has 0 fully saturated rings. The molecule has 0 saturated heterocycles. The molecule has 0 aliphatic rings. The van der Waals surface area contributed by atoms with Crippen LogP contribution in [0.1, 0.15) is 28.6 Å². The zero-order chi connectivity index (χ0) is 21.7. The third-order valence-corrected chi connectivity index (χ3v) is 9.80. The molecule has 1 aromatic heterocycles. The van der Waals surface area contributed by atoms with Crippen LogP contribution in [0.15, 0.2) is 102 Å². The van der Waals surface area contributed by atoms with Gasteiger partial charge in [-0.1, -0.05) is 54.6 Å². The molecule has 0 N–H and O–H groups in total. The van der Waals surface area contributed by atoms with Gasteiger partial charge < -0.3 is 9.15 Å². The molecule has 31 heavy (non-hydrogen) atoms. The van der Waals surface area contributed by atoms with Crippen molar-refractivity contribution >= 4 is 29.1 Å². The van der Waals surface area contributed by atoms with Gasteiger partial charge in [-0.3, -0.25) is 0 Å². The molecule has 0 aliphatic carbocycles. The molecule has 4 aromatic rings. The van der Waals surface area contributed by atoms with Crippen LogP contribution in [0.5, 0.6) is 0 Å². The van der Waals surface area contributed by atoms with E-state index in [1.165, 1.54) is 15.9 Å². The zero-order valence-corrected chi connectivity index (χ0v) is 18.7. The second-order valence-corrected chi connectivity index (χ2v) is 10.9. The highest BCUT2D eigenvalue weighted by atomic mass is 31.2. The lowest BCUT2D eigenvalue weighted by Gasteiger charge is -2.27. The Kier molecular flexibility index (Phi) is 6.34. The number of hydrogen-bond donors (Lipinski definition) is 0. The number of esters is 1. The summed E-state index contributed by atoms with van der Waals surface area (Å²) in [6.07, 6.45) is 2.27. The summed E-state index contributed by atoms with van der Waals surface area (Å²) in [6, 6.07) is 31.7. The molecule has 0 radical (unpaired) electrons. The molecule has 0 atom stereocenters. The Balaban J connectivity index is 1.98. The van der Waals surface area contributed by atoms with E-state index < -0.39 is 7.26 Å². The highest BCUT2D eigenvalue weighted by molar-refractivity contribution is 7.95. The van der Waals surface area contributed by atoms with E-state index in [0.717, 1.165) is 5.56 Å². The predicted octanol–water partition coefficient (Wildman–Crippen LogP) is 5.26. The Labute approximate surface area is 184 Å². The van der Waals surface area contributed by atoms with Crippen molar-refractivity contribution in [2.24, 2.45) is 0 Å². The van der Waals surface area contributed by atoms with Gasteiger partial charge >= 0.3 is 5.97 Å². The van der Waals surface area contributed by atoms with Crippen LogP contribution in [0.3, 0.4) is 0 Å². The highest BCUT2D eigenvalue weighted by Gasteiger charge is 2.47. The van der Waals surface area contributed by atoms with E-state index in [-0.39, 0.29) is 5.97 Å².